The monoisotopic (exact) mass is 393 g/mol. The molecule has 1 N–H and O–H groups in total. The van der Waals surface area contributed by atoms with Crippen molar-refractivity contribution in [1.29, 1.82) is 0 Å². The van der Waals surface area contributed by atoms with Crippen molar-refractivity contribution in [3.63, 3.8) is 0 Å². The number of ether oxygens (including phenoxy) is 2. The molecule has 1 atom stereocenters. The summed E-state index contributed by atoms with van der Waals surface area (Å²) in [5, 5.41) is 3.13. The van der Waals surface area contributed by atoms with Crippen LogP contribution < -0.4 is 10.1 Å². The molecule has 7 heteroatoms. The Balaban J connectivity index is 1.86. The summed E-state index contributed by atoms with van der Waals surface area (Å²) in [4.78, 5) is 24.5. The van der Waals surface area contributed by atoms with Gasteiger partial charge in [0, 0.05) is 5.02 Å². The molecule has 0 spiro atoms. The molecule has 0 saturated heterocycles. The van der Waals surface area contributed by atoms with Gasteiger partial charge in [0.15, 0.2) is 0 Å². The second kappa shape index (κ2) is 9.92. The lowest BCUT2D eigenvalue weighted by atomic mass is 10.0. The Morgan fingerprint density at radius 2 is 1.74 bits per heavy atom. The molecule has 0 aliphatic heterocycles. The first-order chi connectivity index (χ1) is 12.9. The number of carbonyl (C=O) groups excluding carboxylic acids is 2. The summed E-state index contributed by atoms with van der Waals surface area (Å²) in [6.45, 7) is 3.69. The number of esters is 1. The van der Waals surface area contributed by atoms with Gasteiger partial charge in [-0.2, -0.15) is 0 Å². The van der Waals surface area contributed by atoms with Gasteiger partial charge in [0.25, 0.3) is 5.91 Å². The average molecular weight is 394 g/mol. The zero-order valence-corrected chi connectivity index (χ0v) is 15.8. The first kappa shape index (κ1) is 20.7. The van der Waals surface area contributed by atoms with E-state index in [-0.39, 0.29) is 24.7 Å². The number of hydrogen-bond acceptors (Lipinski definition) is 4. The SMILES string of the molecule is CC(C)[C@H](NC(=O)c1ccccc1F)C(=O)OCCOc1ccc(Cl)cc1. The summed E-state index contributed by atoms with van der Waals surface area (Å²) >= 11 is 5.79. The molecule has 0 aliphatic rings. The molecule has 144 valence electrons. The van der Waals surface area contributed by atoms with E-state index in [9.17, 15) is 14.0 Å². The molecule has 1 amide bonds. The second-order valence-electron chi connectivity index (χ2n) is 6.14. The fourth-order valence-electron chi connectivity index (χ4n) is 2.28. The van der Waals surface area contributed by atoms with Gasteiger partial charge in [-0.15, -0.1) is 0 Å². The highest BCUT2D eigenvalue weighted by Gasteiger charge is 2.27. The average Bonchev–Trinajstić information content (AvgIpc) is 2.64. The van der Waals surface area contributed by atoms with E-state index < -0.39 is 23.7 Å². The van der Waals surface area contributed by atoms with Crippen LogP contribution in [0, 0.1) is 11.7 Å². The maximum Gasteiger partial charge on any atom is 0.329 e. The normalized spacial score (nSPS) is 11.7. The van der Waals surface area contributed by atoms with Crippen LogP contribution in [0.3, 0.4) is 0 Å². The van der Waals surface area contributed by atoms with Crippen LogP contribution in [0.2, 0.25) is 5.02 Å². The Morgan fingerprint density at radius 1 is 1.07 bits per heavy atom. The lowest BCUT2D eigenvalue weighted by Gasteiger charge is -2.21. The second-order valence-corrected chi connectivity index (χ2v) is 6.58. The predicted molar refractivity (Wildman–Crippen MR) is 100 cm³/mol. The third-order valence-electron chi connectivity index (χ3n) is 3.74. The molecule has 2 rings (SSSR count). The van der Waals surface area contributed by atoms with Gasteiger partial charge in [0.05, 0.1) is 5.56 Å². The molecule has 0 aliphatic carbocycles. The van der Waals surface area contributed by atoms with Crippen LogP contribution in [-0.4, -0.2) is 31.1 Å². The third-order valence-corrected chi connectivity index (χ3v) is 3.99. The van der Waals surface area contributed by atoms with Crippen LogP contribution in [0.5, 0.6) is 5.75 Å². The number of halogens is 2. The summed E-state index contributed by atoms with van der Waals surface area (Å²) in [5.41, 5.74) is -0.123. The van der Waals surface area contributed by atoms with Crippen molar-refractivity contribution in [2.45, 2.75) is 19.9 Å². The van der Waals surface area contributed by atoms with Gasteiger partial charge in [0.2, 0.25) is 0 Å². The lowest BCUT2D eigenvalue weighted by molar-refractivity contribution is -0.147. The Hall–Kier alpha value is -2.60. The van der Waals surface area contributed by atoms with E-state index in [0.717, 1.165) is 0 Å². The standard InChI is InChI=1S/C20H21ClFNO4/c1-13(2)18(23-19(24)16-5-3-4-6-17(16)22)20(25)27-12-11-26-15-9-7-14(21)8-10-15/h3-10,13,18H,11-12H2,1-2H3,(H,23,24)/t18-/m0/s1. The minimum absolute atomic E-state index is 0.0141. The summed E-state index contributed by atoms with van der Waals surface area (Å²) in [7, 11) is 0. The largest absolute Gasteiger partial charge is 0.490 e. The van der Waals surface area contributed by atoms with Gasteiger partial charge in [-0.05, 0) is 42.3 Å². The van der Waals surface area contributed by atoms with Gasteiger partial charge in [-0.3, -0.25) is 4.79 Å². The van der Waals surface area contributed by atoms with Crippen molar-refractivity contribution < 1.29 is 23.5 Å². The Bertz CT molecular complexity index is 780. The minimum Gasteiger partial charge on any atom is -0.490 e. The van der Waals surface area contributed by atoms with Crippen LogP contribution in [-0.2, 0) is 9.53 Å². The van der Waals surface area contributed by atoms with Crippen LogP contribution in [0.1, 0.15) is 24.2 Å². The molecule has 0 unspecified atom stereocenters. The van der Waals surface area contributed by atoms with Crippen molar-refractivity contribution >= 4 is 23.5 Å². The molecule has 5 nitrogen and oxygen atoms in total. The third kappa shape index (κ3) is 6.25. The summed E-state index contributed by atoms with van der Waals surface area (Å²) in [6, 6.07) is 11.5. The molecule has 0 bridgehead atoms. The molecule has 0 fully saturated rings. The molecule has 0 saturated carbocycles. The Labute approximate surface area is 162 Å². The van der Waals surface area contributed by atoms with E-state index in [0.29, 0.717) is 10.8 Å². The van der Waals surface area contributed by atoms with Gasteiger partial charge >= 0.3 is 5.97 Å². The van der Waals surface area contributed by atoms with Crippen LogP contribution in [0.25, 0.3) is 0 Å². The quantitative estimate of drug-likeness (QED) is 0.546. The van der Waals surface area contributed by atoms with Crippen molar-refractivity contribution in [2.75, 3.05) is 13.2 Å². The van der Waals surface area contributed by atoms with Gasteiger partial charge in [-0.25, -0.2) is 9.18 Å². The van der Waals surface area contributed by atoms with E-state index >= 15 is 0 Å². The molecule has 2 aromatic rings. The van der Waals surface area contributed by atoms with Crippen molar-refractivity contribution in [3.8, 4) is 5.75 Å². The Kier molecular flexibility index (Phi) is 7.61. The molecule has 2 aromatic carbocycles. The van der Waals surface area contributed by atoms with E-state index in [1.807, 2.05) is 0 Å². The highest BCUT2D eigenvalue weighted by Crippen LogP contribution is 2.15. The number of nitrogens with one attached hydrogen (secondary N) is 1. The minimum atomic E-state index is -0.896. The number of hydrogen-bond donors (Lipinski definition) is 1. The number of rotatable bonds is 8. The number of benzene rings is 2. The smallest absolute Gasteiger partial charge is 0.329 e. The molecule has 0 heterocycles. The first-order valence-corrected chi connectivity index (χ1v) is 8.86. The fourth-order valence-corrected chi connectivity index (χ4v) is 2.41. The number of carbonyl (C=O) groups is 2. The van der Waals surface area contributed by atoms with Crippen LogP contribution >= 0.6 is 11.6 Å². The lowest BCUT2D eigenvalue weighted by Crippen LogP contribution is -2.45. The van der Waals surface area contributed by atoms with Gasteiger partial charge < -0.3 is 14.8 Å². The maximum atomic E-state index is 13.7. The van der Waals surface area contributed by atoms with Gasteiger partial charge in [0.1, 0.15) is 30.8 Å². The van der Waals surface area contributed by atoms with Crippen molar-refractivity contribution in [1.82, 2.24) is 5.32 Å². The maximum absolute atomic E-state index is 13.7. The van der Waals surface area contributed by atoms with E-state index in [4.69, 9.17) is 21.1 Å². The zero-order valence-electron chi connectivity index (χ0n) is 15.1. The number of amides is 1. The molecular weight excluding hydrogens is 373 g/mol. The van der Waals surface area contributed by atoms with Crippen LogP contribution in [0.4, 0.5) is 4.39 Å². The molecule has 0 aromatic heterocycles. The van der Waals surface area contributed by atoms with E-state index in [1.165, 1.54) is 18.2 Å². The first-order valence-electron chi connectivity index (χ1n) is 8.49. The van der Waals surface area contributed by atoms with Gasteiger partial charge in [-0.1, -0.05) is 37.6 Å². The highest BCUT2D eigenvalue weighted by molar-refractivity contribution is 6.30. The summed E-state index contributed by atoms with van der Waals surface area (Å²) in [5.74, 6) is -1.55. The summed E-state index contributed by atoms with van der Waals surface area (Å²) in [6.07, 6.45) is 0. The van der Waals surface area contributed by atoms with E-state index in [2.05, 4.69) is 5.32 Å². The Morgan fingerprint density at radius 3 is 2.37 bits per heavy atom. The van der Waals surface area contributed by atoms with Crippen molar-refractivity contribution in [2.24, 2.45) is 5.92 Å². The highest BCUT2D eigenvalue weighted by atomic mass is 35.5. The van der Waals surface area contributed by atoms with Crippen molar-refractivity contribution in [3.05, 3.63) is 64.9 Å². The zero-order chi connectivity index (χ0) is 19.8. The topological polar surface area (TPSA) is 64.6 Å². The van der Waals surface area contributed by atoms with Crippen LogP contribution in [0.15, 0.2) is 48.5 Å². The summed E-state index contributed by atoms with van der Waals surface area (Å²) < 4.78 is 24.3. The fraction of sp³-hybridized carbons (Fsp3) is 0.300. The predicted octanol–water partition coefficient (Wildman–Crippen LogP) is 3.86. The molecular formula is C20H21ClFNO4. The molecule has 27 heavy (non-hydrogen) atoms. The molecule has 0 radical (unpaired) electrons. The van der Waals surface area contributed by atoms with E-state index in [1.54, 1.807) is 44.2 Å².